The van der Waals surface area contributed by atoms with Crippen LogP contribution in [0.3, 0.4) is 0 Å². The third-order valence-electron chi connectivity index (χ3n) is 5.13. The van der Waals surface area contributed by atoms with Crippen LogP contribution in [-0.2, 0) is 22.3 Å². The van der Waals surface area contributed by atoms with E-state index in [4.69, 9.17) is 5.73 Å². The van der Waals surface area contributed by atoms with E-state index in [2.05, 4.69) is 10.3 Å². The summed E-state index contributed by atoms with van der Waals surface area (Å²) in [6.07, 6.45) is -3.64. The highest BCUT2D eigenvalue weighted by Gasteiger charge is 2.30. The normalized spacial score (nSPS) is 11.5. The molecular weight excluding hydrogens is 467 g/mol. The molecule has 12 heteroatoms. The molecule has 4 N–H and O–H groups in total. The lowest BCUT2D eigenvalue weighted by molar-refractivity contribution is -0.137. The number of aromatic amines is 1. The van der Waals surface area contributed by atoms with E-state index >= 15 is 0 Å². The molecule has 1 aromatic carbocycles. The first kappa shape index (κ1) is 27.7. The van der Waals surface area contributed by atoms with Crippen molar-refractivity contribution in [3.8, 4) is 0 Å². The predicted molar refractivity (Wildman–Crippen MR) is 127 cm³/mol. The average molecular weight is 498 g/mol. The number of amides is 2. The quantitative estimate of drug-likeness (QED) is 0.464. The number of nitrogens with one attached hydrogen (secondary N) is 2. The third kappa shape index (κ3) is 7.46. The van der Waals surface area contributed by atoms with Crippen LogP contribution in [0.4, 0.5) is 30.4 Å². The van der Waals surface area contributed by atoms with Gasteiger partial charge in [0, 0.05) is 31.6 Å². The van der Waals surface area contributed by atoms with E-state index in [1.165, 1.54) is 9.47 Å². The molecule has 0 unspecified atom stereocenters. The van der Waals surface area contributed by atoms with Gasteiger partial charge < -0.3 is 16.0 Å². The van der Waals surface area contributed by atoms with Gasteiger partial charge in [-0.15, -0.1) is 0 Å². The number of unbranched alkanes of at least 4 members (excludes halogenated alkanes) is 1. The van der Waals surface area contributed by atoms with E-state index in [0.29, 0.717) is 6.42 Å². The molecule has 0 aliphatic rings. The van der Waals surface area contributed by atoms with E-state index in [-0.39, 0.29) is 49.0 Å². The molecule has 0 spiro atoms. The maximum absolute atomic E-state index is 13.0. The van der Waals surface area contributed by atoms with Gasteiger partial charge in [0.15, 0.2) is 5.69 Å². The smallest absolute Gasteiger partial charge is 0.383 e. The monoisotopic (exact) mass is 497 g/mol. The number of nitrogens with zero attached hydrogens (tertiary/aromatic N) is 2. The van der Waals surface area contributed by atoms with Crippen LogP contribution < -0.4 is 27.2 Å². The summed E-state index contributed by atoms with van der Waals surface area (Å²) in [6, 6.07) is 3.92. The van der Waals surface area contributed by atoms with Gasteiger partial charge >= 0.3 is 11.9 Å². The van der Waals surface area contributed by atoms with E-state index in [0.717, 1.165) is 30.7 Å². The van der Waals surface area contributed by atoms with Crippen molar-refractivity contribution in [3.63, 3.8) is 0 Å². The number of carbonyl (C=O) groups is 2. The van der Waals surface area contributed by atoms with E-state index < -0.39 is 34.8 Å². The molecule has 0 radical (unpaired) electrons. The van der Waals surface area contributed by atoms with Crippen LogP contribution in [0.1, 0.15) is 52.0 Å². The Hall–Kier alpha value is -3.57. The van der Waals surface area contributed by atoms with E-state index in [9.17, 15) is 32.3 Å². The van der Waals surface area contributed by atoms with Crippen LogP contribution in [0.25, 0.3) is 0 Å². The Morgan fingerprint density at radius 2 is 1.77 bits per heavy atom. The number of rotatable bonds is 10. The predicted octanol–water partition coefficient (Wildman–Crippen LogP) is 3.35. The number of carbonyl (C=O) groups excluding carboxylic acids is 2. The molecule has 0 aliphatic heterocycles. The Morgan fingerprint density at radius 1 is 1.14 bits per heavy atom. The topological polar surface area (TPSA) is 130 Å². The largest absolute Gasteiger partial charge is 0.416 e. The minimum atomic E-state index is -4.49. The molecule has 1 heterocycles. The molecule has 2 rings (SSSR count). The number of anilines is 3. The van der Waals surface area contributed by atoms with Gasteiger partial charge in [0.1, 0.15) is 5.82 Å². The lowest BCUT2D eigenvalue weighted by atomic mass is 10.1. The zero-order valence-electron chi connectivity index (χ0n) is 19.9. The van der Waals surface area contributed by atoms with Gasteiger partial charge in [-0.05, 0) is 36.6 Å². The lowest BCUT2D eigenvalue weighted by Gasteiger charge is -2.26. The van der Waals surface area contributed by atoms with Gasteiger partial charge in [0.05, 0.1) is 5.56 Å². The molecule has 2 amide bonds. The summed E-state index contributed by atoms with van der Waals surface area (Å²) in [5.74, 6) is -1.33. The van der Waals surface area contributed by atoms with Gasteiger partial charge in [0.2, 0.25) is 11.8 Å². The number of nitrogens with two attached hydrogens (primary N) is 1. The fraction of sp³-hybridized carbons (Fsp3) is 0.478. The van der Waals surface area contributed by atoms with Crippen LogP contribution >= 0.6 is 0 Å². The van der Waals surface area contributed by atoms with E-state index in [1.54, 1.807) is 0 Å². The molecule has 0 atom stereocenters. The van der Waals surface area contributed by atoms with Crippen molar-refractivity contribution in [2.24, 2.45) is 5.92 Å². The van der Waals surface area contributed by atoms with Crippen LogP contribution in [-0.4, -0.2) is 27.9 Å². The molecule has 35 heavy (non-hydrogen) atoms. The molecule has 0 bridgehead atoms. The fourth-order valence-corrected chi connectivity index (χ4v) is 3.38. The number of benzene rings is 1. The summed E-state index contributed by atoms with van der Waals surface area (Å²) in [5, 5.41) is 2.44. The number of alkyl halides is 3. The highest BCUT2D eigenvalue weighted by Crippen LogP contribution is 2.29. The lowest BCUT2D eigenvalue weighted by Crippen LogP contribution is -2.42. The second-order valence-corrected chi connectivity index (χ2v) is 8.52. The molecule has 9 nitrogen and oxygen atoms in total. The molecule has 192 valence electrons. The molecule has 0 saturated heterocycles. The zero-order valence-corrected chi connectivity index (χ0v) is 19.9. The Bertz CT molecular complexity index is 1150. The maximum atomic E-state index is 13.0. The summed E-state index contributed by atoms with van der Waals surface area (Å²) >= 11 is 0. The number of hydrogen-bond donors (Lipinski definition) is 3. The molecule has 0 fully saturated rings. The Balaban J connectivity index is 2.19. The molecule has 0 saturated carbocycles. The fourth-order valence-electron chi connectivity index (χ4n) is 3.38. The Morgan fingerprint density at radius 3 is 2.31 bits per heavy atom. The SMILES string of the molecule is CCCCn1c(N)c(N(CC(C)C)C(=O)CCC(=O)Nc2ccc(C(F)(F)F)cc2)c(=O)[nH]c1=O. The molecular formula is C23H30F3N5O4. The van der Waals surface area contributed by atoms with Crippen molar-refractivity contribution in [1.82, 2.24) is 9.55 Å². The van der Waals surface area contributed by atoms with Gasteiger partial charge in [0.25, 0.3) is 5.56 Å². The van der Waals surface area contributed by atoms with Crippen molar-refractivity contribution in [2.75, 3.05) is 22.5 Å². The van der Waals surface area contributed by atoms with Crippen molar-refractivity contribution in [3.05, 3.63) is 50.7 Å². The second-order valence-electron chi connectivity index (χ2n) is 8.52. The summed E-state index contributed by atoms with van der Waals surface area (Å²) in [4.78, 5) is 53.5. The number of H-pyrrole nitrogens is 1. The summed E-state index contributed by atoms with van der Waals surface area (Å²) in [7, 11) is 0. The van der Waals surface area contributed by atoms with Crippen LogP contribution in [0, 0.1) is 5.92 Å². The number of nitrogen functional groups attached to an aromatic ring is 1. The number of halogens is 3. The van der Waals surface area contributed by atoms with Gasteiger partial charge in [-0.25, -0.2) is 4.79 Å². The van der Waals surface area contributed by atoms with Gasteiger partial charge in [-0.1, -0.05) is 27.2 Å². The van der Waals surface area contributed by atoms with Gasteiger partial charge in [-0.2, -0.15) is 13.2 Å². The minimum Gasteiger partial charge on any atom is -0.383 e. The van der Waals surface area contributed by atoms with E-state index in [1.807, 2.05) is 20.8 Å². The Labute approximate surface area is 200 Å². The first-order chi connectivity index (χ1) is 16.3. The first-order valence-electron chi connectivity index (χ1n) is 11.2. The van der Waals surface area contributed by atoms with Crippen LogP contribution in [0.15, 0.2) is 33.9 Å². The molecule has 2 aromatic rings. The highest BCUT2D eigenvalue weighted by molar-refractivity contribution is 5.99. The number of aromatic nitrogens is 2. The minimum absolute atomic E-state index is 0.0604. The van der Waals surface area contributed by atoms with Gasteiger partial charge in [-0.3, -0.25) is 23.9 Å². The molecule has 0 aliphatic carbocycles. The van der Waals surface area contributed by atoms with Crippen LogP contribution in [0.5, 0.6) is 0 Å². The summed E-state index contributed by atoms with van der Waals surface area (Å²) in [6.45, 7) is 5.98. The molecule has 1 aromatic heterocycles. The first-order valence-corrected chi connectivity index (χ1v) is 11.2. The van der Waals surface area contributed by atoms with Crippen molar-refractivity contribution in [1.29, 1.82) is 0 Å². The highest BCUT2D eigenvalue weighted by atomic mass is 19.4. The van der Waals surface area contributed by atoms with Crippen molar-refractivity contribution < 1.29 is 22.8 Å². The summed E-state index contributed by atoms with van der Waals surface area (Å²) in [5.41, 5.74) is 3.81. The number of hydrogen-bond acceptors (Lipinski definition) is 5. The average Bonchev–Trinajstić information content (AvgIpc) is 2.76. The van der Waals surface area contributed by atoms with Crippen molar-refractivity contribution >= 4 is 29.0 Å². The Kier molecular flexibility index (Phi) is 9.26. The third-order valence-corrected chi connectivity index (χ3v) is 5.13. The maximum Gasteiger partial charge on any atom is 0.416 e. The zero-order chi connectivity index (χ0) is 26.3. The second kappa shape index (κ2) is 11.7. The van der Waals surface area contributed by atoms with Crippen molar-refractivity contribution in [2.45, 2.75) is 59.2 Å². The standard InChI is InChI=1S/C23H30F3N5O4/c1-4-5-12-30-20(27)19(21(34)29-22(30)35)31(13-14(2)3)18(33)11-10-17(32)28-16-8-6-15(7-9-16)23(24,25)26/h6-9,14H,4-5,10-13,27H2,1-3H3,(H,28,32)(H,29,34,35). The summed E-state index contributed by atoms with van der Waals surface area (Å²) < 4.78 is 39.2. The van der Waals surface area contributed by atoms with Crippen LogP contribution in [0.2, 0.25) is 0 Å².